The molecule has 0 aliphatic carbocycles. The van der Waals surface area contributed by atoms with Gasteiger partial charge in [0.05, 0.1) is 25.4 Å². The number of carbonyl (C=O) groups excluding carboxylic acids is 2. The Bertz CT molecular complexity index is 790. The standard InChI is InChI=1S/2C13H18O4/c2*1-4-16-13(15)10(3)17-9(2)11-5-7-12(14)8-6-11/h2*5-10,14H,4H2,1-3H3/t9-,10+;9-,10-/m10/s1. The van der Waals surface area contributed by atoms with E-state index < -0.39 is 12.2 Å². The van der Waals surface area contributed by atoms with E-state index in [0.29, 0.717) is 13.2 Å². The lowest BCUT2D eigenvalue weighted by Crippen LogP contribution is -2.24. The Labute approximate surface area is 201 Å². The van der Waals surface area contributed by atoms with Crippen molar-refractivity contribution in [2.24, 2.45) is 0 Å². The maximum absolute atomic E-state index is 11.4. The number of ether oxygens (including phenoxy) is 4. The van der Waals surface area contributed by atoms with Crippen LogP contribution in [-0.4, -0.2) is 47.6 Å². The molecule has 2 rings (SSSR count). The van der Waals surface area contributed by atoms with Gasteiger partial charge in [0, 0.05) is 0 Å². The molecular formula is C26H36O8. The predicted molar refractivity (Wildman–Crippen MR) is 127 cm³/mol. The van der Waals surface area contributed by atoms with Gasteiger partial charge in [-0.15, -0.1) is 0 Å². The van der Waals surface area contributed by atoms with Crippen LogP contribution in [0.15, 0.2) is 48.5 Å². The van der Waals surface area contributed by atoms with Gasteiger partial charge >= 0.3 is 11.9 Å². The maximum atomic E-state index is 11.4. The van der Waals surface area contributed by atoms with Crippen molar-refractivity contribution >= 4 is 11.9 Å². The highest BCUT2D eigenvalue weighted by Crippen LogP contribution is 2.22. The number of hydrogen-bond donors (Lipinski definition) is 2. The smallest absolute Gasteiger partial charge is 0.334 e. The lowest BCUT2D eigenvalue weighted by molar-refractivity contribution is -0.159. The third kappa shape index (κ3) is 10.2. The normalized spacial score (nSPS) is 14.1. The molecule has 0 spiro atoms. The lowest BCUT2D eigenvalue weighted by atomic mass is 10.1. The minimum atomic E-state index is -0.598. The summed E-state index contributed by atoms with van der Waals surface area (Å²) < 4.78 is 20.8. The number of hydrogen-bond acceptors (Lipinski definition) is 8. The van der Waals surface area contributed by atoms with Crippen LogP contribution in [0.3, 0.4) is 0 Å². The van der Waals surface area contributed by atoms with Gasteiger partial charge in [-0.1, -0.05) is 24.3 Å². The van der Waals surface area contributed by atoms with E-state index in [2.05, 4.69) is 0 Å². The number of esters is 2. The molecule has 34 heavy (non-hydrogen) atoms. The van der Waals surface area contributed by atoms with Crippen LogP contribution in [-0.2, 0) is 28.5 Å². The molecule has 0 aliphatic heterocycles. The number of benzene rings is 2. The van der Waals surface area contributed by atoms with Crippen molar-refractivity contribution in [2.75, 3.05) is 13.2 Å². The number of carbonyl (C=O) groups is 2. The summed E-state index contributed by atoms with van der Waals surface area (Å²) in [7, 11) is 0. The van der Waals surface area contributed by atoms with Crippen molar-refractivity contribution in [3.05, 3.63) is 59.7 Å². The van der Waals surface area contributed by atoms with Crippen LogP contribution in [0.1, 0.15) is 64.9 Å². The molecule has 8 nitrogen and oxygen atoms in total. The van der Waals surface area contributed by atoms with Crippen molar-refractivity contribution in [1.82, 2.24) is 0 Å². The second kappa shape index (κ2) is 14.9. The number of phenolic OH excluding ortho intramolecular Hbond substituents is 2. The molecule has 0 radical (unpaired) electrons. The van der Waals surface area contributed by atoms with Gasteiger partial charge in [0.1, 0.15) is 11.5 Å². The first-order chi connectivity index (χ1) is 16.1. The summed E-state index contributed by atoms with van der Waals surface area (Å²) in [5, 5.41) is 18.3. The Morgan fingerprint density at radius 1 is 0.647 bits per heavy atom. The fourth-order valence-electron chi connectivity index (χ4n) is 2.89. The summed E-state index contributed by atoms with van der Waals surface area (Å²) in [6, 6.07) is 13.4. The number of phenols is 2. The zero-order valence-electron chi connectivity index (χ0n) is 20.7. The molecule has 2 aromatic rings. The van der Waals surface area contributed by atoms with Gasteiger partial charge in [0.2, 0.25) is 0 Å². The Hall–Kier alpha value is -3.10. The van der Waals surface area contributed by atoms with Crippen LogP contribution in [0.5, 0.6) is 11.5 Å². The molecule has 0 amide bonds. The van der Waals surface area contributed by atoms with E-state index in [1.165, 1.54) is 0 Å². The summed E-state index contributed by atoms with van der Waals surface area (Å²) in [5.74, 6) is -0.310. The van der Waals surface area contributed by atoms with Gasteiger partial charge < -0.3 is 29.2 Å². The predicted octanol–water partition coefficient (Wildman–Crippen LogP) is 4.84. The first-order valence-electron chi connectivity index (χ1n) is 11.3. The monoisotopic (exact) mass is 476 g/mol. The molecule has 188 valence electrons. The fraction of sp³-hybridized carbons (Fsp3) is 0.462. The van der Waals surface area contributed by atoms with E-state index in [1.54, 1.807) is 76.2 Å². The van der Waals surface area contributed by atoms with Gasteiger partial charge in [-0.25, -0.2) is 9.59 Å². The fourth-order valence-corrected chi connectivity index (χ4v) is 2.89. The van der Waals surface area contributed by atoms with Gasteiger partial charge in [-0.2, -0.15) is 0 Å². The van der Waals surface area contributed by atoms with Crippen LogP contribution in [0.25, 0.3) is 0 Å². The quantitative estimate of drug-likeness (QED) is 0.469. The molecule has 0 unspecified atom stereocenters. The second-order valence-corrected chi connectivity index (χ2v) is 7.53. The van der Waals surface area contributed by atoms with E-state index in [-0.39, 0.29) is 35.6 Å². The number of aromatic hydroxyl groups is 2. The third-order valence-electron chi connectivity index (χ3n) is 4.78. The topological polar surface area (TPSA) is 112 Å². The van der Waals surface area contributed by atoms with Crippen LogP contribution in [0.2, 0.25) is 0 Å². The second-order valence-electron chi connectivity index (χ2n) is 7.53. The zero-order valence-corrected chi connectivity index (χ0v) is 20.7. The summed E-state index contributed by atoms with van der Waals surface area (Å²) in [6.45, 7) is 11.2. The first-order valence-corrected chi connectivity index (χ1v) is 11.3. The molecule has 4 atom stereocenters. The van der Waals surface area contributed by atoms with E-state index in [4.69, 9.17) is 29.2 Å². The highest BCUT2D eigenvalue weighted by molar-refractivity contribution is 5.74. The van der Waals surface area contributed by atoms with E-state index in [0.717, 1.165) is 11.1 Å². The maximum Gasteiger partial charge on any atom is 0.334 e. The van der Waals surface area contributed by atoms with E-state index in [9.17, 15) is 9.59 Å². The third-order valence-corrected chi connectivity index (χ3v) is 4.78. The van der Waals surface area contributed by atoms with E-state index in [1.807, 2.05) is 13.8 Å². The number of rotatable bonds is 10. The van der Waals surface area contributed by atoms with Crippen LogP contribution < -0.4 is 0 Å². The first kappa shape index (κ1) is 28.9. The molecule has 0 fully saturated rings. The highest BCUT2D eigenvalue weighted by atomic mass is 16.6. The summed E-state index contributed by atoms with van der Waals surface area (Å²) in [5.41, 5.74) is 1.80. The van der Waals surface area contributed by atoms with Gasteiger partial charge in [0.15, 0.2) is 12.2 Å². The molecule has 8 heteroatoms. The Morgan fingerprint density at radius 3 is 1.21 bits per heavy atom. The molecule has 0 heterocycles. The van der Waals surface area contributed by atoms with Crippen LogP contribution in [0, 0.1) is 0 Å². The minimum absolute atomic E-state index is 0.208. The SMILES string of the molecule is CCOC(=O)[C@H](C)O[C@@H](C)c1ccc(O)cc1.CCOC(=O)[C@H](C)O[C@H](C)c1ccc(O)cc1. The molecule has 2 aromatic carbocycles. The Balaban J connectivity index is 0.000000340. The van der Waals surface area contributed by atoms with Crippen molar-refractivity contribution in [2.45, 2.75) is 66.0 Å². The average Bonchev–Trinajstić information content (AvgIpc) is 2.80. The molecular weight excluding hydrogens is 440 g/mol. The summed E-state index contributed by atoms with van der Waals surface area (Å²) in [6.07, 6.45) is -1.65. The van der Waals surface area contributed by atoms with Crippen molar-refractivity contribution in [1.29, 1.82) is 0 Å². The average molecular weight is 477 g/mol. The highest BCUT2D eigenvalue weighted by Gasteiger charge is 2.19. The molecule has 0 saturated heterocycles. The summed E-state index contributed by atoms with van der Waals surface area (Å²) in [4.78, 5) is 22.8. The molecule has 0 bridgehead atoms. The Kier molecular flexibility index (Phi) is 12.7. The van der Waals surface area contributed by atoms with Crippen molar-refractivity contribution < 1.29 is 38.7 Å². The Morgan fingerprint density at radius 2 is 0.941 bits per heavy atom. The van der Waals surface area contributed by atoms with Crippen molar-refractivity contribution in [3.8, 4) is 11.5 Å². The zero-order chi connectivity index (χ0) is 25.7. The van der Waals surface area contributed by atoms with E-state index >= 15 is 0 Å². The van der Waals surface area contributed by atoms with Gasteiger partial charge in [-0.3, -0.25) is 0 Å². The molecule has 0 saturated carbocycles. The summed E-state index contributed by atoms with van der Waals surface area (Å²) >= 11 is 0. The van der Waals surface area contributed by atoms with Crippen molar-refractivity contribution in [3.63, 3.8) is 0 Å². The minimum Gasteiger partial charge on any atom is -0.508 e. The largest absolute Gasteiger partial charge is 0.508 e. The molecule has 0 aromatic heterocycles. The lowest BCUT2D eigenvalue weighted by Gasteiger charge is -2.18. The van der Waals surface area contributed by atoms with Crippen LogP contribution in [0.4, 0.5) is 0 Å². The molecule has 2 N–H and O–H groups in total. The molecule has 0 aliphatic rings. The van der Waals surface area contributed by atoms with Gasteiger partial charge in [0.25, 0.3) is 0 Å². The van der Waals surface area contributed by atoms with Gasteiger partial charge in [-0.05, 0) is 76.9 Å². The van der Waals surface area contributed by atoms with Crippen LogP contribution >= 0.6 is 0 Å².